The summed E-state index contributed by atoms with van der Waals surface area (Å²) in [6, 6.07) is 5.31. The molecule has 0 amide bonds. The van der Waals surface area contributed by atoms with E-state index in [0.29, 0.717) is 6.54 Å². The zero-order chi connectivity index (χ0) is 16.4. The fourth-order valence-corrected chi connectivity index (χ4v) is 3.32. The number of halogens is 1. The first-order valence-corrected chi connectivity index (χ1v) is 8.05. The lowest BCUT2D eigenvalue weighted by molar-refractivity contribution is -0.144. The number of fused-ring (bicyclic) bond motifs is 1. The molecule has 1 atom stereocenters. The molecule has 2 heterocycles. The third-order valence-electron chi connectivity index (χ3n) is 4.66. The molecule has 1 aliphatic heterocycles. The van der Waals surface area contributed by atoms with Crippen molar-refractivity contribution in [3.05, 3.63) is 35.5 Å². The number of carboxylic acid groups (broad SMARTS) is 1. The van der Waals surface area contributed by atoms with Gasteiger partial charge >= 0.3 is 5.97 Å². The normalized spacial score (nSPS) is 17.6. The molecule has 2 aromatic rings. The van der Waals surface area contributed by atoms with E-state index in [4.69, 9.17) is 5.73 Å². The van der Waals surface area contributed by atoms with E-state index in [1.165, 1.54) is 0 Å². The molecule has 0 aliphatic carbocycles. The molecule has 0 radical (unpaired) electrons. The van der Waals surface area contributed by atoms with Crippen molar-refractivity contribution in [1.29, 1.82) is 0 Å². The van der Waals surface area contributed by atoms with E-state index >= 15 is 0 Å². The number of aliphatic carboxylic acids is 1. The van der Waals surface area contributed by atoms with Gasteiger partial charge in [0.1, 0.15) is 6.04 Å². The van der Waals surface area contributed by atoms with Crippen LogP contribution < -0.4 is 5.73 Å². The Morgan fingerprint density at radius 1 is 1.33 bits per heavy atom. The van der Waals surface area contributed by atoms with Crippen LogP contribution in [0.4, 0.5) is 0 Å². The lowest BCUT2D eigenvalue weighted by atomic mass is 10.0. The second-order valence-corrected chi connectivity index (χ2v) is 6.24. The Balaban J connectivity index is 0.00000208. The summed E-state index contributed by atoms with van der Waals surface area (Å²) in [7, 11) is 2.07. The van der Waals surface area contributed by atoms with Crippen LogP contribution in [0.25, 0.3) is 10.9 Å². The largest absolute Gasteiger partial charge is 0.480 e. The van der Waals surface area contributed by atoms with Crippen LogP contribution in [-0.2, 0) is 11.2 Å². The van der Waals surface area contributed by atoms with Crippen molar-refractivity contribution in [2.75, 3.05) is 39.8 Å². The number of piperazine rings is 1. The minimum atomic E-state index is -0.787. The maximum absolute atomic E-state index is 11.9. The Morgan fingerprint density at radius 3 is 2.67 bits per heavy atom. The van der Waals surface area contributed by atoms with Crippen molar-refractivity contribution < 1.29 is 9.90 Å². The number of H-pyrrole nitrogens is 1. The number of aromatic nitrogens is 1. The summed E-state index contributed by atoms with van der Waals surface area (Å²) >= 11 is 0. The van der Waals surface area contributed by atoms with Crippen LogP contribution in [-0.4, -0.2) is 65.6 Å². The SMILES string of the molecule is CN1CCN(C(C(=O)O)c2ccc3[nH]cc(CCN)c3c2)CC1.Cl. The smallest absolute Gasteiger partial charge is 0.325 e. The molecule has 4 N–H and O–H groups in total. The first kappa shape index (κ1) is 18.7. The molecule has 1 aliphatic rings. The molecule has 3 rings (SSSR count). The highest BCUT2D eigenvalue weighted by Gasteiger charge is 2.29. The maximum Gasteiger partial charge on any atom is 0.325 e. The lowest BCUT2D eigenvalue weighted by Crippen LogP contribution is -2.47. The molecule has 0 bridgehead atoms. The molecule has 1 fully saturated rings. The molecule has 6 nitrogen and oxygen atoms in total. The molecular weight excluding hydrogens is 328 g/mol. The number of hydrogen-bond donors (Lipinski definition) is 3. The van der Waals surface area contributed by atoms with E-state index < -0.39 is 12.0 Å². The Hall–Kier alpha value is -1.60. The molecule has 24 heavy (non-hydrogen) atoms. The minimum absolute atomic E-state index is 0. The van der Waals surface area contributed by atoms with Gasteiger partial charge in [0.05, 0.1) is 0 Å². The van der Waals surface area contributed by atoms with E-state index in [1.807, 2.05) is 24.4 Å². The van der Waals surface area contributed by atoms with Crippen LogP contribution >= 0.6 is 12.4 Å². The highest BCUT2D eigenvalue weighted by molar-refractivity contribution is 5.86. The van der Waals surface area contributed by atoms with Gasteiger partial charge in [0.2, 0.25) is 0 Å². The van der Waals surface area contributed by atoms with Gasteiger partial charge in [0, 0.05) is 43.3 Å². The molecule has 0 spiro atoms. The number of hydrogen-bond acceptors (Lipinski definition) is 4. The van der Waals surface area contributed by atoms with Gasteiger partial charge in [0.15, 0.2) is 0 Å². The van der Waals surface area contributed by atoms with Crippen molar-refractivity contribution in [2.24, 2.45) is 5.73 Å². The maximum atomic E-state index is 11.9. The molecule has 1 aromatic heterocycles. The average Bonchev–Trinajstić information content (AvgIpc) is 2.92. The standard InChI is InChI=1S/C17H24N4O2.ClH/c1-20-6-8-21(9-7-20)16(17(22)23)12-2-3-15-14(10-12)13(4-5-18)11-19-15;/h2-3,10-11,16,19H,4-9,18H2,1H3,(H,22,23);1H. The lowest BCUT2D eigenvalue weighted by Gasteiger charge is -2.36. The summed E-state index contributed by atoms with van der Waals surface area (Å²) in [5.41, 5.74) is 8.68. The van der Waals surface area contributed by atoms with E-state index in [2.05, 4.69) is 21.8 Å². The van der Waals surface area contributed by atoms with E-state index in [0.717, 1.165) is 54.6 Å². The number of likely N-dealkylation sites (N-methyl/N-ethyl adjacent to an activating group) is 1. The molecule has 132 valence electrons. The van der Waals surface area contributed by atoms with Crippen molar-refractivity contribution in [2.45, 2.75) is 12.5 Å². The minimum Gasteiger partial charge on any atom is -0.480 e. The predicted molar refractivity (Wildman–Crippen MR) is 97.8 cm³/mol. The van der Waals surface area contributed by atoms with E-state index in [-0.39, 0.29) is 12.4 Å². The van der Waals surface area contributed by atoms with Crippen LogP contribution in [0.3, 0.4) is 0 Å². The van der Waals surface area contributed by atoms with Gasteiger partial charge < -0.3 is 20.7 Å². The first-order chi connectivity index (χ1) is 11.1. The molecule has 0 saturated carbocycles. The number of aromatic amines is 1. The van der Waals surface area contributed by atoms with Crippen LogP contribution in [0.5, 0.6) is 0 Å². The number of carboxylic acids is 1. The van der Waals surface area contributed by atoms with Crippen molar-refractivity contribution >= 4 is 29.3 Å². The molecule has 1 unspecified atom stereocenters. The fraction of sp³-hybridized carbons (Fsp3) is 0.471. The number of nitrogens with one attached hydrogen (secondary N) is 1. The number of carbonyl (C=O) groups is 1. The number of benzene rings is 1. The summed E-state index contributed by atoms with van der Waals surface area (Å²) in [4.78, 5) is 19.4. The molecule has 1 saturated heterocycles. The Bertz CT molecular complexity index is 695. The van der Waals surface area contributed by atoms with Crippen molar-refractivity contribution in [1.82, 2.24) is 14.8 Å². The topological polar surface area (TPSA) is 85.6 Å². The summed E-state index contributed by atoms with van der Waals surface area (Å²) in [5.74, 6) is -0.787. The van der Waals surface area contributed by atoms with Gasteiger partial charge in [-0.05, 0) is 43.3 Å². The highest BCUT2D eigenvalue weighted by Crippen LogP contribution is 2.27. The average molecular weight is 353 g/mol. The fourth-order valence-electron chi connectivity index (χ4n) is 3.32. The van der Waals surface area contributed by atoms with Crippen molar-refractivity contribution in [3.8, 4) is 0 Å². The van der Waals surface area contributed by atoms with Crippen LogP contribution in [0, 0.1) is 0 Å². The Kier molecular flexibility index (Phi) is 6.23. The highest BCUT2D eigenvalue weighted by atomic mass is 35.5. The first-order valence-electron chi connectivity index (χ1n) is 8.05. The van der Waals surface area contributed by atoms with E-state index in [9.17, 15) is 9.90 Å². The summed E-state index contributed by atoms with van der Waals surface area (Å²) in [6.45, 7) is 3.92. The number of nitrogens with zero attached hydrogens (tertiary/aromatic N) is 2. The van der Waals surface area contributed by atoms with Gasteiger partial charge in [-0.15, -0.1) is 12.4 Å². The molecular formula is C17H25ClN4O2. The number of nitrogens with two attached hydrogens (primary N) is 1. The third kappa shape index (κ3) is 3.72. The zero-order valence-electron chi connectivity index (χ0n) is 13.9. The van der Waals surface area contributed by atoms with Gasteiger partial charge in [-0.3, -0.25) is 9.69 Å². The van der Waals surface area contributed by atoms with E-state index in [1.54, 1.807) is 0 Å². The Morgan fingerprint density at radius 2 is 2.04 bits per heavy atom. The quantitative estimate of drug-likeness (QED) is 0.758. The van der Waals surface area contributed by atoms with Gasteiger partial charge in [0.25, 0.3) is 0 Å². The second kappa shape index (κ2) is 7.98. The zero-order valence-corrected chi connectivity index (χ0v) is 14.7. The van der Waals surface area contributed by atoms with Crippen LogP contribution in [0.15, 0.2) is 24.4 Å². The third-order valence-corrected chi connectivity index (χ3v) is 4.66. The summed E-state index contributed by atoms with van der Waals surface area (Å²) < 4.78 is 0. The number of rotatable bonds is 5. The van der Waals surface area contributed by atoms with Gasteiger partial charge in [-0.25, -0.2) is 0 Å². The van der Waals surface area contributed by atoms with Crippen LogP contribution in [0.2, 0.25) is 0 Å². The second-order valence-electron chi connectivity index (χ2n) is 6.24. The summed E-state index contributed by atoms with van der Waals surface area (Å²) in [6.07, 6.45) is 2.75. The summed E-state index contributed by atoms with van der Waals surface area (Å²) in [5, 5.41) is 10.8. The monoisotopic (exact) mass is 352 g/mol. The van der Waals surface area contributed by atoms with Gasteiger partial charge in [-0.2, -0.15) is 0 Å². The molecule has 1 aromatic carbocycles. The molecule has 7 heteroatoms. The van der Waals surface area contributed by atoms with Crippen molar-refractivity contribution in [3.63, 3.8) is 0 Å². The van der Waals surface area contributed by atoms with Gasteiger partial charge in [-0.1, -0.05) is 6.07 Å². The Labute approximate surface area is 148 Å². The predicted octanol–water partition coefficient (Wildman–Crippen LogP) is 1.46. The van der Waals surface area contributed by atoms with Crippen LogP contribution in [0.1, 0.15) is 17.2 Å².